The first-order chi connectivity index (χ1) is 6.65. The second kappa shape index (κ2) is 3.94. The molecule has 2 unspecified atom stereocenters. The monoisotopic (exact) mass is 214 g/mol. The molecule has 0 amide bonds. The number of hydrogen-bond donors (Lipinski definition) is 2. The van der Waals surface area contributed by atoms with E-state index in [9.17, 15) is 10.2 Å². The number of aliphatic hydroxyl groups is 2. The van der Waals surface area contributed by atoms with E-state index in [4.69, 9.17) is 0 Å². The molecule has 1 aliphatic heterocycles. The van der Waals surface area contributed by atoms with Crippen LogP contribution in [0.2, 0.25) is 0 Å². The van der Waals surface area contributed by atoms with Crippen molar-refractivity contribution in [2.75, 3.05) is 13.1 Å². The number of likely N-dealkylation sites (tertiary alicyclic amines) is 1. The molecule has 0 radical (unpaired) electrons. The number of aryl methyl sites for hydroxylation is 1. The number of thiazole rings is 1. The van der Waals surface area contributed by atoms with Crippen molar-refractivity contribution in [3.63, 3.8) is 0 Å². The zero-order valence-corrected chi connectivity index (χ0v) is 8.87. The largest absolute Gasteiger partial charge is 0.389 e. The summed E-state index contributed by atoms with van der Waals surface area (Å²) in [5.41, 5.74) is 1.02. The summed E-state index contributed by atoms with van der Waals surface area (Å²) in [4.78, 5) is 6.36. The van der Waals surface area contributed by atoms with Crippen LogP contribution in [0.5, 0.6) is 0 Å². The summed E-state index contributed by atoms with van der Waals surface area (Å²) in [5.74, 6) is 0. The van der Waals surface area contributed by atoms with Gasteiger partial charge in [0, 0.05) is 25.0 Å². The number of hydrogen-bond acceptors (Lipinski definition) is 5. The van der Waals surface area contributed by atoms with Crippen LogP contribution >= 0.6 is 11.3 Å². The molecule has 1 fully saturated rings. The van der Waals surface area contributed by atoms with Gasteiger partial charge in [-0.25, -0.2) is 4.98 Å². The van der Waals surface area contributed by atoms with Crippen molar-refractivity contribution in [1.29, 1.82) is 0 Å². The molecule has 0 bridgehead atoms. The number of β-amino-alcohol motifs (C(OH)–C–C–N with tert-alkyl or cyclic N) is 2. The van der Waals surface area contributed by atoms with Crippen LogP contribution in [-0.4, -0.2) is 45.4 Å². The third-order valence-corrected chi connectivity index (χ3v) is 3.21. The summed E-state index contributed by atoms with van der Waals surface area (Å²) in [6.07, 6.45) is -1.20. The summed E-state index contributed by atoms with van der Waals surface area (Å²) in [7, 11) is 0. The van der Waals surface area contributed by atoms with Gasteiger partial charge in [0.25, 0.3) is 0 Å². The molecule has 1 aromatic heterocycles. The van der Waals surface area contributed by atoms with Crippen LogP contribution in [0.3, 0.4) is 0 Å². The maximum atomic E-state index is 9.34. The van der Waals surface area contributed by atoms with Crippen LogP contribution in [0.1, 0.15) is 10.7 Å². The summed E-state index contributed by atoms with van der Waals surface area (Å²) in [6, 6.07) is 0. The minimum atomic E-state index is -0.602. The van der Waals surface area contributed by atoms with Crippen molar-refractivity contribution in [1.82, 2.24) is 9.88 Å². The molecule has 5 heteroatoms. The predicted molar refractivity (Wildman–Crippen MR) is 54.1 cm³/mol. The van der Waals surface area contributed by atoms with E-state index >= 15 is 0 Å². The molecule has 1 aromatic rings. The van der Waals surface area contributed by atoms with Crippen LogP contribution in [-0.2, 0) is 6.54 Å². The number of aromatic nitrogens is 1. The summed E-state index contributed by atoms with van der Waals surface area (Å²) >= 11 is 1.63. The Balaban J connectivity index is 1.93. The molecule has 14 heavy (non-hydrogen) atoms. The van der Waals surface area contributed by atoms with Crippen molar-refractivity contribution in [3.8, 4) is 0 Å². The molecule has 78 valence electrons. The smallest absolute Gasteiger partial charge is 0.0938 e. The number of nitrogens with zero attached hydrogens (tertiary/aromatic N) is 2. The minimum absolute atomic E-state index is 0.539. The Bertz CT molecular complexity index is 306. The molecule has 2 heterocycles. The molecular weight excluding hydrogens is 200 g/mol. The fourth-order valence-corrected chi connectivity index (χ4v) is 2.29. The Hall–Kier alpha value is -0.490. The highest BCUT2D eigenvalue weighted by Crippen LogP contribution is 2.15. The third-order valence-electron chi connectivity index (χ3n) is 2.39. The van der Waals surface area contributed by atoms with Gasteiger partial charge < -0.3 is 10.2 Å². The molecular formula is C9H14N2O2S. The van der Waals surface area contributed by atoms with Crippen LogP contribution in [0.4, 0.5) is 0 Å². The highest BCUT2D eigenvalue weighted by Gasteiger charge is 2.29. The van der Waals surface area contributed by atoms with E-state index < -0.39 is 12.2 Å². The van der Waals surface area contributed by atoms with Gasteiger partial charge in [-0.05, 0) is 6.92 Å². The molecule has 2 N–H and O–H groups in total. The van der Waals surface area contributed by atoms with E-state index in [0.717, 1.165) is 17.2 Å². The van der Waals surface area contributed by atoms with Crippen molar-refractivity contribution in [3.05, 3.63) is 16.1 Å². The van der Waals surface area contributed by atoms with Gasteiger partial charge >= 0.3 is 0 Å². The third kappa shape index (κ3) is 2.12. The summed E-state index contributed by atoms with van der Waals surface area (Å²) in [6.45, 7) is 3.77. The number of rotatable bonds is 2. The Morgan fingerprint density at radius 1 is 1.50 bits per heavy atom. The number of aliphatic hydroxyl groups excluding tert-OH is 2. The summed E-state index contributed by atoms with van der Waals surface area (Å²) < 4.78 is 0. The van der Waals surface area contributed by atoms with Gasteiger partial charge in [-0.15, -0.1) is 11.3 Å². The zero-order valence-electron chi connectivity index (χ0n) is 8.05. The molecule has 2 rings (SSSR count). The fourth-order valence-electron chi connectivity index (χ4n) is 1.69. The highest BCUT2D eigenvalue weighted by molar-refractivity contribution is 7.09. The Labute approximate surface area is 86.8 Å². The average molecular weight is 214 g/mol. The average Bonchev–Trinajstić information content (AvgIpc) is 2.62. The molecule has 2 atom stereocenters. The molecule has 0 aliphatic carbocycles. The fraction of sp³-hybridized carbons (Fsp3) is 0.667. The van der Waals surface area contributed by atoms with Crippen LogP contribution < -0.4 is 0 Å². The van der Waals surface area contributed by atoms with E-state index in [0.29, 0.717) is 13.1 Å². The lowest BCUT2D eigenvalue weighted by Gasteiger charge is -2.11. The van der Waals surface area contributed by atoms with E-state index in [1.165, 1.54) is 0 Å². The first kappa shape index (κ1) is 10.0. The van der Waals surface area contributed by atoms with Crippen LogP contribution in [0.25, 0.3) is 0 Å². The lowest BCUT2D eigenvalue weighted by molar-refractivity contribution is 0.0572. The first-order valence-electron chi connectivity index (χ1n) is 4.64. The normalized spacial score (nSPS) is 28.5. The van der Waals surface area contributed by atoms with Gasteiger partial charge in [0.05, 0.1) is 22.9 Å². The molecule has 0 saturated carbocycles. The molecule has 1 saturated heterocycles. The minimum Gasteiger partial charge on any atom is -0.389 e. The van der Waals surface area contributed by atoms with Crippen LogP contribution in [0.15, 0.2) is 5.38 Å². The standard InChI is InChI=1S/C9H14N2O2S/c1-6-10-7(5-14-6)2-11-3-8(12)9(13)4-11/h5,8-9,12-13H,2-4H2,1H3. The summed E-state index contributed by atoms with van der Waals surface area (Å²) in [5, 5.41) is 21.8. The van der Waals surface area contributed by atoms with Crippen molar-refractivity contribution in [2.45, 2.75) is 25.7 Å². The second-order valence-corrected chi connectivity index (χ2v) is 4.75. The van der Waals surface area contributed by atoms with E-state index in [1.807, 2.05) is 17.2 Å². The van der Waals surface area contributed by atoms with Gasteiger partial charge in [0.1, 0.15) is 0 Å². The Morgan fingerprint density at radius 2 is 2.14 bits per heavy atom. The van der Waals surface area contributed by atoms with Crippen molar-refractivity contribution in [2.24, 2.45) is 0 Å². The van der Waals surface area contributed by atoms with Gasteiger partial charge in [0.2, 0.25) is 0 Å². The van der Waals surface area contributed by atoms with E-state index in [1.54, 1.807) is 11.3 Å². The quantitative estimate of drug-likeness (QED) is 0.727. The lowest BCUT2D eigenvalue weighted by atomic mass is 10.3. The topological polar surface area (TPSA) is 56.6 Å². The van der Waals surface area contributed by atoms with Crippen molar-refractivity contribution < 1.29 is 10.2 Å². The van der Waals surface area contributed by atoms with Gasteiger partial charge in [0.15, 0.2) is 0 Å². The second-order valence-electron chi connectivity index (χ2n) is 3.69. The maximum absolute atomic E-state index is 9.34. The van der Waals surface area contributed by atoms with E-state index in [-0.39, 0.29) is 0 Å². The highest BCUT2D eigenvalue weighted by atomic mass is 32.1. The Morgan fingerprint density at radius 3 is 2.64 bits per heavy atom. The van der Waals surface area contributed by atoms with Gasteiger partial charge in [-0.2, -0.15) is 0 Å². The molecule has 0 aromatic carbocycles. The molecule has 1 aliphatic rings. The SMILES string of the molecule is Cc1nc(CN2CC(O)C(O)C2)cs1. The molecule has 0 spiro atoms. The predicted octanol–water partition coefficient (Wildman–Crippen LogP) is -0.0111. The maximum Gasteiger partial charge on any atom is 0.0938 e. The van der Waals surface area contributed by atoms with Crippen molar-refractivity contribution >= 4 is 11.3 Å². The first-order valence-corrected chi connectivity index (χ1v) is 5.52. The zero-order chi connectivity index (χ0) is 10.1. The van der Waals surface area contributed by atoms with Gasteiger partial charge in [-0.1, -0.05) is 0 Å². The molecule has 4 nitrogen and oxygen atoms in total. The Kier molecular flexibility index (Phi) is 2.83. The lowest BCUT2D eigenvalue weighted by Crippen LogP contribution is -2.22. The van der Waals surface area contributed by atoms with E-state index in [2.05, 4.69) is 4.98 Å². The van der Waals surface area contributed by atoms with Gasteiger partial charge in [-0.3, -0.25) is 4.90 Å². The van der Waals surface area contributed by atoms with Crippen LogP contribution in [0, 0.1) is 6.92 Å².